The van der Waals surface area contributed by atoms with E-state index in [1.54, 1.807) is 13.2 Å². The van der Waals surface area contributed by atoms with Crippen LogP contribution in [0.2, 0.25) is 0 Å². The number of aliphatic imine (C=N–C) groups is 1. The van der Waals surface area contributed by atoms with E-state index in [1.165, 1.54) is 18.2 Å². The summed E-state index contributed by atoms with van der Waals surface area (Å²) in [6.45, 7) is 7.16. The first kappa shape index (κ1) is 20.7. The molecule has 0 aliphatic carbocycles. The van der Waals surface area contributed by atoms with E-state index in [2.05, 4.69) is 44.1 Å². The number of hydrogen-bond donors (Lipinski definition) is 1. The first-order chi connectivity index (χ1) is 11.0. The van der Waals surface area contributed by atoms with Gasteiger partial charge in [-0.05, 0) is 18.3 Å². The van der Waals surface area contributed by atoms with Gasteiger partial charge in [0, 0.05) is 20.1 Å². The van der Waals surface area contributed by atoms with Crippen molar-refractivity contribution in [1.82, 2.24) is 25.2 Å². The number of nitrogens with one attached hydrogen (secondary N) is 1. The molecule has 0 spiro atoms. The highest BCUT2D eigenvalue weighted by Crippen LogP contribution is 2.20. The van der Waals surface area contributed by atoms with Crippen molar-refractivity contribution in [2.45, 2.75) is 33.4 Å². The molecule has 0 radical (unpaired) electrons. The number of ether oxygens (including phenoxy) is 1. The second-order valence-corrected chi connectivity index (χ2v) is 6.24. The smallest absolute Gasteiger partial charge is 0.327 e. The third-order valence-corrected chi connectivity index (χ3v) is 3.91. The SMILES string of the molecule is CN=C(NCc1cn(CC(=O)OC)nn1)N1CC(C)CC(C)C1.I. The number of halogens is 1. The molecule has 1 aromatic rings. The molecular formula is C15H27IN6O2. The van der Waals surface area contributed by atoms with E-state index in [4.69, 9.17) is 0 Å². The second kappa shape index (κ2) is 9.80. The average Bonchev–Trinajstić information content (AvgIpc) is 2.94. The first-order valence-electron chi connectivity index (χ1n) is 7.93. The lowest BCUT2D eigenvalue weighted by Crippen LogP contribution is -2.48. The van der Waals surface area contributed by atoms with Crippen LogP contribution in [0.15, 0.2) is 11.2 Å². The zero-order chi connectivity index (χ0) is 16.8. The Morgan fingerprint density at radius 1 is 1.42 bits per heavy atom. The topological polar surface area (TPSA) is 84.6 Å². The molecule has 0 aromatic carbocycles. The molecule has 2 rings (SSSR count). The summed E-state index contributed by atoms with van der Waals surface area (Å²) in [5.41, 5.74) is 0.758. The van der Waals surface area contributed by atoms with Crippen LogP contribution >= 0.6 is 24.0 Å². The number of rotatable bonds is 4. The number of methoxy groups -OCH3 is 1. The summed E-state index contributed by atoms with van der Waals surface area (Å²) in [6.07, 6.45) is 2.99. The first-order valence-corrected chi connectivity index (χ1v) is 7.93. The molecule has 1 aliphatic heterocycles. The molecule has 0 amide bonds. The predicted octanol–water partition coefficient (Wildman–Crippen LogP) is 1.12. The lowest BCUT2D eigenvalue weighted by Gasteiger charge is -2.37. The molecule has 2 heterocycles. The minimum Gasteiger partial charge on any atom is -0.468 e. The molecular weight excluding hydrogens is 423 g/mol. The van der Waals surface area contributed by atoms with Crippen LogP contribution in [0.1, 0.15) is 26.0 Å². The molecule has 136 valence electrons. The normalized spacial score (nSPS) is 21.2. The molecule has 1 saturated heterocycles. The van der Waals surface area contributed by atoms with Gasteiger partial charge in [0.2, 0.25) is 0 Å². The van der Waals surface area contributed by atoms with Gasteiger partial charge < -0.3 is 15.0 Å². The third-order valence-electron chi connectivity index (χ3n) is 3.91. The minimum absolute atomic E-state index is 0. The number of piperidine rings is 1. The Morgan fingerprint density at radius 2 is 2.08 bits per heavy atom. The molecule has 24 heavy (non-hydrogen) atoms. The van der Waals surface area contributed by atoms with Gasteiger partial charge >= 0.3 is 5.97 Å². The fourth-order valence-electron chi connectivity index (χ4n) is 3.03. The van der Waals surface area contributed by atoms with E-state index in [0.717, 1.165) is 24.7 Å². The maximum Gasteiger partial charge on any atom is 0.327 e. The highest BCUT2D eigenvalue weighted by molar-refractivity contribution is 14.0. The van der Waals surface area contributed by atoms with Crippen LogP contribution in [0.3, 0.4) is 0 Å². The Hall–Kier alpha value is -1.39. The largest absolute Gasteiger partial charge is 0.468 e. The average molecular weight is 450 g/mol. The third kappa shape index (κ3) is 5.91. The van der Waals surface area contributed by atoms with Crippen molar-refractivity contribution >= 4 is 35.9 Å². The summed E-state index contributed by atoms with van der Waals surface area (Å²) < 4.78 is 6.08. The standard InChI is InChI=1S/C15H26N6O2.HI/c1-11-5-12(2)8-20(7-11)15(16-3)17-6-13-9-21(19-18-13)10-14(22)23-4;/h9,11-12H,5-8,10H2,1-4H3,(H,16,17);1H. The van der Waals surface area contributed by atoms with Gasteiger partial charge in [-0.3, -0.25) is 9.79 Å². The zero-order valence-corrected chi connectivity index (χ0v) is 17.1. The molecule has 0 bridgehead atoms. The quantitative estimate of drug-likeness (QED) is 0.321. The van der Waals surface area contributed by atoms with Gasteiger partial charge in [-0.1, -0.05) is 19.1 Å². The van der Waals surface area contributed by atoms with Crippen molar-refractivity contribution < 1.29 is 9.53 Å². The van der Waals surface area contributed by atoms with Gasteiger partial charge in [0.05, 0.1) is 19.9 Å². The summed E-state index contributed by atoms with van der Waals surface area (Å²) in [6, 6.07) is 0. The number of likely N-dealkylation sites (tertiary alicyclic amines) is 1. The van der Waals surface area contributed by atoms with Gasteiger partial charge in [0.1, 0.15) is 12.2 Å². The summed E-state index contributed by atoms with van der Waals surface area (Å²) in [5.74, 6) is 1.86. The zero-order valence-electron chi connectivity index (χ0n) is 14.7. The molecule has 8 nitrogen and oxygen atoms in total. The van der Waals surface area contributed by atoms with Crippen LogP contribution in [0, 0.1) is 11.8 Å². The van der Waals surface area contributed by atoms with Crippen LogP contribution in [-0.4, -0.2) is 59.1 Å². The van der Waals surface area contributed by atoms with Crippen LogP contribution < -0.4 is 5.32 Å². The van der Waals surface area contributed by atoms with Crippen LogP contribution in [-0.2, 0) is 22.6 Å². The lowest BCUT2D eigenvalue weighted by atomic mass is 9.92. The Kier molecular flexibility index (Phi) is 8.43. The van der Waals surface area contributed by atoms with Crippen LogP contribution in [0.5, 0.6) is 0 Å². The Labute approximate surface area is 160 Å². The maximum atomic E-state index is 11.2. The van der Waals surface area contributed by atoms with Crippen LogP contribution in [0.4, 0.5) is 0 Å². The van der Waals surface area contributed by atoms with E-state index in [-0.39, 0.29) is 36.5 Å². The maximum absolute atomic E-state index is 11.2. The number of guanidine groups is 1. The fraction of sp³-hybridized carbons (Fsp3) is 0.733. The van der Waals surface area contributed by atoms with Crippen molar-refractivity contribution in [3.63, 3.8) is 0 Å². The number of carbonyl (C=O) groups is 1. The number of carbonyl (C=O) groups excluding carboxylic acids is 1. The molecule has 9 heteroatoms. The Morgan fingerprint density at radius 3 is 2.67 bits per heavy atom. The molecule has 2 unspecified atom stereocenters. The molecule has 1 fully saturated rings. The monoisotopic (exact) mass is 450 g/mol. The van der Waals surface area contributed by atoms with E-state index in [0.29, 0.717) is 18.4 Å². The highest BCUT2D eigenvalue weighted by Gasteiger charge is 2.24. The number of aromatic nitrogens is 3. The number of nitrogens with zero attached hydrogens (tertiary/aromatic N) is 5. The second-order valence-electron chi connectivity index (χ2n) is 6.24. The number of hydrogen-bond acceptors (Lipinski definition) is 5. The molecule has 0 saturated carbocycles. The summed E-state index contributed by atoms with van der Waals surface area (Å²) in [4.78, 5) is 17.9. The summed E-state index contributed by atoms with van der Waals surface area (Å²) in [7, 11) is 3.15. The van der Waals surface area contributed by atoms with Crippen molar-refractivity contribution in [1.29, 1.82) is 0 Å². The minimum atomic E-state index is -0.346. The van der Waals surface area contributed by atoms with E-state index < -0.39 is 0 Å². The van der Waals surface area contributed by atoms with Crippen molar-refractivity contribution in [3.05, 3.63) is 11.9 Å². The molecule has 1 N–H and O–H groups in total. The summed E-state index contributed by atoms with van der Waals surface area (Å²) in [5, 5.41) is 11.3. The summed E-state index contributed by atoms with van der Waals surface area (Å²) >= 11 is 0. The fourth-order valence-corrected chi connectivity index (χ4v) is 3.03. The molecule has 1 aliphatic rings. The van der Waals surface area contributed by atoms with E-state index in [1.807, 2.05) is 0 Å². The van der Waals surface area contributed by atoms with Crippen molar-refractivity contribution in [2.24, 2.45) is 16.8 Å². The molecule has 1 aromatic heterocycles. The number of esters is 1. The lowest BCUT2D eigenvalue weighted by molar-refractivity contribution is -0.141. The predicted molar refractivity (Wildman–Crippen MR) is 102 cm³/mol. The Bertz CT molecular complexity index is 552. The van der Waals surface area contributed by atoms with Crippen molar-refractivity contribution in [2.75, 3.05) is 27.2 Å². The van der Waals surface area contributed by atoms with Crippen molar-refractivity contribution in [3.8, 4) is 0 Å². The molecule has 2 atom stereocenters. The van der Waals surface area contributed by atoms with E-state index >= 15 is 0 Å². The highest BCUT2D eigenvalue weighted by atomic mass is 127. The van der Waals surface area contributed by atoms with Gasteiger partial charge in [0.15, 0.2) is 5.96 Å². The van der Waals surface area contributed by atoms with Gasteiger partial charge in [-0.15, -0.1) is 29.1 Å². The Balaban J connectivity index is 0.00000288. The van der Waals surface area contributed by atoms with Gasteiger partial charge in [-0.25, -0.2) is 4.68 Å². The van der Waals surface area contributed by atoms with Gasteiger partial charge in [-0.2, -0.15) is 0 Å². The van der Waals surface area contributed by atoms with Crippen LogP contribution in [0.25, 0.3) is 0 Å². The van der Waals surface area contributed by atoms with Gasteiger partial charge in [0.25, 0.3) is 0 Å². The van der Waals surface area contributed by atoms with E-state index in [9.17, 15) is 4.79 Å².